The number of hydrogen-bond acceptors (Lipinski definition) is 3. The van der Waals surface area contributed by atoms with Gasteiger partial charge in [-0.15, -0.1) is 0 Å². The Bertz CT molecular complexity index is 3060. The largest absolute Gasteiger partial charge is 0.456 e. The molecule has 4 heterocycles. The van der Waals surface area contributed by atoms with Crippen molar-refractivity contribution in [1.82, 2.24) is 19.1 Å². The first kappa shape index (κ1) is 27.9. The van der Waals surface area contributed by atoms with Crippen molar-refractivity contribution in [3.05, 3.63) is 170 Å². The molecule has 0 N–H and O–H groups in total. The highest BCUT2D eigenvalue weighted by atomic mass is 16.3. The highest BCUT2D eigenvalue weighted by Gasteiger charge is 2.24. The van der Waals surface area contributed by atoms with E-state index < -0.39 is 0 Å². The van der Waals surface area contributed by atoms with Gasteiger partial charge in [0.05, 0.1) is 33.5 Å². The van der Waals surface area contributed by atoms with Gasteiger partial charge in [-0.2, -0.15) is 0 Å². The summed E-state index contributed by atoms with van der Waals surface area (Å²) in [6.07, 6.45) is 0. The average molecular weight is 653 g/mol. The van der Waals surface area contributed by atoms with E-state index in [1.165, 1.54) is 10.8 Å². The van der Waals surface area contributed by atoms with E-state index >= 15 is 0 Å². The molecule has 7 aromatic carbocycles. The molecule has 0 radical (unpaired) electrons. The molecule has 5 heteroatoms. The highest BCUT2D eigenvalue weighted by molar-refractivity contribution is 6.35. The van der Waals surface area contributed by atoms with E-state index in [0.717, 1.165) is 83.0 Å². The SMILES string of the molecule is c1ccc(-c2cc(-c3ccccc3)nc(-n3c4ccccc4c4c5c6c7c(ccc6n(-c6ccccc6)c5ccc43)oc3ccccc37)n2)cc1. The molecule has 5 nitrogen and oxygen atoms in total. The lowest BCUT2D eigenvalue weighted by molar-refractivity contribution is 0.669. The summed E-state index contributed by atoms with van der Waals surface area (Å²) in [4.78, 5) is 10.6. The van der Waals surface area contributed by atoms with Gasteiger partial charge in [-0.05, 0) is 54.6 Å². The third-order valence-corrected chi connectivity index (χ3v) is 10.1. The molecule has 0 saturated carbocycles. The Hall–Kier alpha value is -6.98. The molecule has 51 heavy (non-hydrogen) atoms. The molecule has 0 aliphatic rings. The second-order valence-electron chi connectivity index (χ2n) is 13.0. The number of aromatic nitrogens is 4. The van der Waals surface area contributed by atoms with Gasteiger partial charge in [0.1, 0.15) is 11.2 Å². The van der Waals surface area contributed by atoms with Gasteiger partial charge >= 0.3 is 0 Å². The first-order valence-electron chi connectivity index (χ1n) is 17.2. The Morgan fingerprint density at radius 3 is 1.59 bits per heavy atom. The van der Waals surface area contributed by atoms with E-state index in [4.69, 9.17) is 14.4 Å². The van der Waals surface area contributed by atoms with Crippen LogP contribution in [0.2, 0.25) is 0 Å². The van der Waals surface area contributed by atoms with Crippen LogP contribution in [0.25, 0.3) is 99.7 Å². The number of hydrogen-bond donors (Lipinski definition) is 0. The number of furan rings is 1. The molecule has 0 saturated heterocycles. The summed E-state index contributed by atoms with van der Waals surface area (Å²) in [6, 6.07) is 59.2. The second kappa shape index (κ2) is 10.8. The Balaban J connectivity index is 1.32. The molecular formula is C46H28N4O. The summed E-state index contributed by atoms with van der Waals surface area (Å²) >= 11 is 0. The average Bonchev–Trinajstić information content (AvgIpc) is 3.86. The van der Waals surface area contributed by atoms with Crippen LogP contribution < -0.4 is 0 Å². The number of nitrogens with zero attached hydrogens (tertiary/aromatic N) is 4. The molecule has 11 rings (SSSR count). The van der Waals surface area contributed by atoms with Crippen LogP contribution in [0, 0.1) is 0 Å². The summed E-state index contributed by atoms with van der Waals surface area (Å²) in [6.45, 7) is 0. The predicted molar refractivity (Wildman–Crippen MR) is 209 cm³/mol. The van der Waals surface area contributed by atoms with E-state index in [0.29, 0.717) is 5.95 Å². The van der Waals surface area contributed by atoms with Crippen LogP contribution in [0.5, 0.6) is 0 Å². The zero-order valence-electron chi connectivity index (χ0n) is 27.4. The molecule has 0 aliphatic carbocycles. The third-order valence-electron chi connectivity index (χ3n) is 10.1. The van der Waals surface area contributed by atoms with Crippen molar-refractivity contribution in [2.75, 3.05) is 0 Å². The minimum absolute atomic E-state index is 0.631. The van der Waals surface area contributed by atoms with E-state index in [1.54, 1.807) is 0 Å². The second-order valence-corrected chi connectivity index (χ2v) is 13.0. The quantitative estimate of drug-likeness (QED) is 0.190. The fourth-order valence-electron chi connectivity index (χ4n) is 7.98. The third kappa shape index (κ3) is 4.09. The molecular weight excluding hydrogens is 625 g/mol. The zero-order valence-corrected chi connectivity index (χ0v) is 27.4. The van der Waals surface area contributed by atoms with Crippen LogP contribution in [0.3, 0.4) is 0 Å². The maximum Gasteiger partial charge on any atom is 0.235 e. The van der Waals surface area contributed by atoms with Crippen molar-refractivity contribution in [1.29, 1.82) is 0 Å². The Morgan fingerprint density at radius 1 is 0.373 bits per heavy atom. The fourth-order valence-corrected chi connectivity index (χ4v) is 7.98. The lowest BCUT2D eigenvalue weighted by Crippen LogP contribution is -2.04. The van der Waals surface area contributed by atoms with Crippen molar-refractivity contribution < 1.29 is 4.42 Å². The van der Waals surface area contributed by atoms with E-state index in [2.05, 4.69) is 161 Å². The van der Waals surface area contributed by atoms with Crippen molar-refractivity contribution in [2.45, 2.75) is 0 Å². The van der Waals surface area contributed by atoms with E-state index in [9.17, 15) is 0 Å². The van der Waals surface area contributed by atoms with Crippen LogP contribution >= 0.6 is 0 Å². The van der Waals surface area contributed by atoms with Gasteiger partial charge in [0.15, 0.2) is 0 Å². The normalized spacial score (nSPS) is 11.9. The standard InChI is InChI=1S/C46H28N4O/c1-4-14-29(15-5-1)34-28-35(30-16-6-2-7-17-30)48-46(47-34)50-36-22-12-10-20-32(36)42-37(50)24-25-38-44(42)45-39(49(38)31-18-8-3-9-19-31)26-27-41-43(45)33-21-11-13-23-40(33)51-41/h1-28H. The summed E-state index contributed by atoms with van der Waals surface area (Å²) in [5.74, 6) is 0.631. The summed E-state index contributed by atoms with van der Waals surface area (Å²) in [5, 5.41) is 6.90. The Labute approximate surface area is 292 Å². The minimum Gasteiger partial charge on any atom is -0.456 e. The van der Waals surface area contributed by atoms with Crippen LogP contribution in [-0.4, -0.2) is 19.1 Å². The van der Waals surface area contributed by atoms with Gasteiger partial charge < -0.3 is 8.98 Å². The first-order chi connectivity index (χ1) is 25.3. The molecule has 4 aromatic heterocycles. The topological polar surface area (TPSA) is 48.8 Å². The lowest BCUT2D eigenvalue weighted by Gasteiger charge is -2.12. The summed E-state index contributed by atoms with van der Waals surface area (Å²) in [5.41, 5.74) is 11.1. The smallest absolute Gasteiger partial charge is 0.235 e. The number of rotatable bonds is 4. The summed E-state index contributed by atoms with van der Waals surface area (Å²) < 4.78 is 11.1. The van der Waals surface area contributed by atoms with Gasteiger partial charge in [-0.1, -0.05) is 115 Å². The molecule has 0 unspecified atom stereocenters. The molecule has 0 fully saturated rings. The van der Waals surface area contributed by atoms with Crippen molar-refractivity contribution in [2.24, 2.45) is 0 Å². The first-order valence-corrected chi connectivity index (χ1v) is 17.2. The molecule has 0 spiro atoms. The molecule has 0 aliphatic heterocycles. The highest BCUT2D eigenvalue weighted by Crippen LogP contribution is 2.46. The van der Waals surface area contributed by atoms with E-state index in [1.807, 2.05) is 18.2 Å². The molecule has 0 bridgehead atoms. The van der Waals surface area contributed by atoms with Crippen molar-refractivity contribution in [3.8, 4) is 34.2 Å². The van der Waals surface area contributed by atoms with Gasteiger partial charge in [0.25, 0.3) is 0 Å². The van der Waals surface area contributed by atoms with Gasteiger partial charge in [-0.3, -0.25) is 4.57 Å². The predicted octanol–water partition coefficient (Wildman–Crippen LogP) is 11.9. The van der Waals surface area contributed by atoms with E-state index in [-0.39, 0.29) is 0 Å². The molecule has 238 valence electrons. The number of benzene rings is 7. The zero-order chi connectivity index (χ0) is 33.5. The Kier molecular flexibility index (Phi) is 5.89. The van der Waals surface area contributed by atoms with Crippen molar-refractivity contribution >= 4 is 65.6 Å². The minimum atomic E-state index is 0.631. The van der Waals surface area contributed by atoms with Crippen LogP contribution in [-0.2, 0) is 0 Å². The maximum atomic E-state index is 6.47. The van der Waals surface area contributed by atoms with Crippen LogP contribution in [0.15, 0.2) is 174 Å². The van der Waals surface area contributed by atoms with Gasteiger partial charge in [0, 0.05) is 49.1 Å². The molecule has 0 atom stereocenters. The van der Waals surface area contributed by atoms with Gasteiger partial charge in [0.2, 0.25) is 5.95 Å². The monoisotopic (exact) mass is 652 g/mol. The fraction of sp³-hybridized carbons (Fsp3) is 0. The molecule has 11 aromatic rings. The summed E-state index contributed by atoms with van der Waals surface area (Å²) in [7, 11) is 0. The number of fused-ring (bicyclic) bond motifs is 11. The maximum absolute atomic E-state index is 6.47. The van der Waals surface area contributed by atoms with Crippen LogP contribution in [0.1, 0.15) is 0 Å². The molecule has 0 amide bonds. The lowest BCUT2D eigenvalue weighted by atomic mass is 10.0. The Morgan fingerprint density at radius 2 is 0.902 bits per heavy atom. The number of para-hydroxylation sites is 3. The van der Waals surface area contributed by atoms with Crippen LogP contribution in [0.4, 0.5) is 0 Å². The van der Waals surface area contributed by atoms with Gasteiger partial charge in [-0.25, -0.2) is 9.97 Å². The van der Waals surface area contributed by atoms with Crippen molar-refractivity contribution in [3.63, 3.8) is 0 Å².